The molecule has 1 saturated heterocycles. The summed E-state index contributed by atoms with van der Waals surface area (Å²) in [5, 5.41) is 10.9. The monoisotopic (exact) mass is 399 g/mol. The molecule has 7 nitrogen and oxygen atoms in total. The first-order valence-corrected chi connectivity index (χ1v) is 10.4. The predicted octanol–water partition coefficient (Wildman–Crippen LogP) is 2.44. The Morgan fingerprint density at radius 3 is 3.00 bits per heavy atom. The maximum absolute atomic E-state index is 6.14. The molecule has 2 aromatic rings. The molecule has 1 atom stereocenters. The van der Waals surface area contributed by atoms with Crippen molar-refractivity contribution in [3.05, 3.63) is 47.3 Å². The predicted molar refractivity (Wildman–Crippen MR) is 115 cm³/mol. The lowest BCUT2D eigenvalue weighted by molar-refractivity contribution is 0.166. The molecule has 1 unspecified atom stereocenters. The van der Waals surface area contributed by atoms with Crippen molar-refractivity contribution < 1.29 is 9.47 Å². The van der Waals surface area contributed by atoms with E-state index in [0.29, 0.717) is 19.1 Å². The largest absolute Gasteiger partial charge is 0.493 e. The summed E-state index contributed by atoms with van der Waals surface area (Å²) in [5.41, 5.74) is 3.50. The minimum absolute atomic E-state index is 0.485. The Morgan fingerprint density at radius 2 is 2.28 bits per heavy atom. The molecule has 0 aliphatic carbocycles. The number of aliphatic imine (C=N–C) groups is 1. The van der Waals surface area contributed by atoms with E-state index >= 15 is 0 Å². The van der Waals surface area contributed by atoms with Crippen LogP contribution in [0.3, 0.4) is 0 Å². The molecule has 0 saturated carbocycles. The Kier molecular flexibility index (Phi) is 7.93. The van der Waals surface area contributed by atoms with Crippen LogP contribution in [0, 0.1) is 12.8 Å². The van der Waals surface area contributed by atoms with Gasteiger partial charge in [0.15, 0.2) is 5.96 Å². The van der Waals surface area contributed by atoms with Crippen LogP contribution < -0.4 is 15.4 Å². The molecule has 158 valence electrons. The topological polar surface area (TPSA) is 72.7 Å². The van der Waals surface area contributed by atoms with Crippen molar-refractivity contribution in [1.82, 2.24) is 20.4 Å². The summed E-state index contributed by atoms with van der Waals surface area (Å²) in [6.45, 7) is 8.68. The highest BCUT2D eigenvalue weighted by Gasteiger charge is 2.17. The van der Waals surface area contributed by atoms with Gasteiger partial charge in [-0.3, -0.25) is 4.68 Å². The third-order valence-corrected chi connectivity index (χ3v) is 4.94. The van der Waals surface area contributed by atoms with Gasteiger partial charge in [-0.05, 0) is 43.9 Å². The van der Waals surface area contributed by atoms with Crippen LogP contribution in [0.25, 0.3) is 0 Å². The summed E-state index contributed by atoms with van der Waals surface area (Å²) >= 11 is 0. The van der Waals surface area contributed by atoms with E-state index in [9.17, 15) is 0 Å². The van der Waals surface area contributed by atoms with Crippen LogP contribution in [-0.2, 0) is 24.8 Å². The molecule has 0 bridgehead atoms. The highest BCUT2D eigenvalue weighted by Crippen LogP contribution is 2.23. The minimum atomic E-state index is 0.485. The van der Waals surface area contributed by atoms with Gasteiger partial charge in [-0.1, -0.05) is 12.1 Å². The number of aromatic nitrogens is 2. The Bertz CT molecular complexity index is 796. The van der Waals surface area contributed by atoms with Gasteiger partial charge in [0.25, 0.3) is 0 Å². The fourth-order valence-corrected chi connectivity index (χ4v) is 3.28. The fourth-order valence-electron chi connectivity index (χ4n) is 3.28. The lowest BCUT2D eigenvalue weighted by Crippen LogP contribution is -2.38. The van der Waals surface area contributed by atoms with Gasteiger partial charge in [-0.2, -0.15) is 5.10 Å². The zero-order valence-electron chi connectivity index (χ0n) is 17.8. The fraction of sp³-hybridized carbons (Fsp3) is 0.545. The molecular weight excluding hydrogens is 366 g/mol. The smallest absolute Gasteiger partial charge is 0.191 e. The van der Waals surface area contributed by atoms with Crippen LogP contribution in [0.4, 0.5) is 0 Å². The van der Waals surface area contributed by atoms with Crippen LogP contribution >= 0.6 is 0 Å². The van der Waals surface area contributed by atoms with Gasteiger partial charge in [0.1, 0.15) is 5.75 Å². The van der Waals surface area contributed by atoms with Crippen molar-refractivity contribution in [1.29, 1.82) is 0 Å². The molecule has 0 radical (unpaired) electrons. The molecule has 2 heterocycles. The summed E-state index contributed by atoms with van der Waals surface area (Å²) in [6.07, 6.45) is 5.92. The van der Waals surface area contributed by atoms with Crippen LogP contribution in [0.2, 0.25) is 0 Å². The van der Waals surface area contributed by atoms with E-state index in [1.807, 2.05) is 24.1 Å². The van der Waals surface area contributed by atoms with E-state index in [2.05, 4.69) is 47.8 Å². The van der Waals surface area contributed by atoms with Gasteiger partial charge < -0.3 is 20.1 Å². The molecule has 1 aliphatic heterocycles. The number of rotatable bonds is 9. The Hall–Kier alpha value is -2.54. The normalized spacial score (nSPS) is 16.8. The first kappa shape index (κ1) is 21.2. The van der Waals surface area contributed by atoms with Crippen molar-refractivity contribution in [3.63, 3.8) is 0 Å². The molecule has 7 heteroatoms. The highest BCUT2D eigenvalue weighted by molar-refractivity contribution is 5.79. The quantitative estimate of drug-likeness (QED) is 0.501. The Labute approximate surface area is 173 Å². The summed E-state index contributed by atoms with van der Waals surface area (Å²) in [7, 11) is 1.93. The third-order valence-electron chi connectivity index (χ3n) is 4.94. The van der Waals surface area contributed by atoms with Gasteiger partial charge in [0.05, 0.1) is 26.0 Å². The van der Waals surface area contributed by atoms with Crippen LogP contribution in [0.5, 0.6) is 5.75 Å². The second kappa shape index (κ2) is 10.9. The van der Waals surface area contributed by atoms with E-state index in [1.165, 1.54) is 11.1 Å². The second-order valence-electron chi connectivity index (χ2n) is 7.55. The molecule has 1 aromatic heterocycles. The molecule has 1 aromatic carbocycles. The van der Waals surface area contributed by atoms with Crippen LogP contribution in [0.15, 0.2) is 35.6 Å². The molecule has 2 N–H and O–H groups in total. The second-order valence-corrected chi connectivity index (χ2v) is 7.55. The molecule has 29 heavy (non-hydrogen) atoms. The van der Waals surface area contributed by atoms with E-state index in [-0.39, 0.29) is 0 Å². The summed E-state index contributed by atoms with van der Waals surface area (Å²) in [5.74, 6) is 2.22. The highest BCUT2D eigenvalue weighted by atomic mass is 16.5. The van der Waals surface area contributed by atoms with Gasteiger partial charge in [0.2, 0.25) is 0 Å². The molecule has 3 rings (SSSR count). The van der Waals surface area contributed by atoms with Crippen molar-refractivity contribution in [3.8, 4) is 5.75 Å². The minimum Gasteiger partial charge on any atom is -0.493 e. The summed E-state index contributed by atoms with van der Waals surface area (Å²) in [6, 6.07) is 6.32. The maximum Gasteiger partial charge on any atom is 0.191 e. The number of nitrogens with zero attached hydrogens (tertiary/aromatic N) is 3. The SMILES string of the molecule is CCNC(=NCc1ccc(C)cc1OCC1CCOC1)NCCc1cnn(C)c1. The van der Waals surface area contributed by atoms with Crippen molar-refractivity contribution in [2.75, 3.05) is 32.9 Å². The van der Waals surface area contributed by atoms with E-state index < -0.39 is 0 Å². The van der Waals surface area contributed by atoms with Gasteiger partial charge in [-0.25, -0.2) is 4.99 Å². The molecule has 1 aliphatic rings. The van der Waals surface area contributed by atoms with E-state index in [1.54, 1.807) is 0 Å². The molecular formula is C22H33N5O2. The van der Waals surface area contributed by atoms with Crippen LogP contribution in [-0.4, -0.2) is 48.7 Å². The maximum atomic E-state index is 6.14. The van der Waals surface area contributed by atoms with Gasteiger partial charge in [0, 0.05) is 44.4 Å². The first-order chi connectivity index (χ1) is 14.1. The van der Waals surface area contributed by atoms with Crippen LogP contribution in [0.1, 0.15) is 30.0 Å². The van der Waals surface area contributed by atoms with E-state index in [4.69, 9.17) is 14.5 Å². The van der Waals surface area contributed by atoms with Crippen molar-refractivity contribution in [2.24, 2.45) is 18.0 Å². The number of ether oxygens (including phenoxy) is 2. The van der Waals surface area contributed by atoms with Crippen molar-refractivity contribution >= 4 is 5.96 Å². The zero-order valence-corrected chi connectivity index (χ0v) is 17.8. The van der Waals surface area contributed by atoms with Gasteiger partial charge >= 0.3 is 0 Å². The lowest BCUT2D eigenvalue weighted by atomic mass is 10.1. The Balaban J connectivity index is 1.58. The number of guanidine groups is 1. The number of hydrogen-bond acceptors (Lipinski definition) is 4. The number of benzene rings is 1. The average Bonchev–Trinajstić information content (AvgIpc) is 3.37. The molecule has 0 spiro atoms. The molecule has 0 amide bonds. The van der Waals surface area contributed by atoms with E-state index in [0.717, 1.165) is 56.4 Å². The third kappa shape index (κ3) is 6.78. The summed E-state index contributed by atoms with van der Waals surface area (Å²) < 4.78 is 13.4. The van der Waals surface area contributed by atoms with Gasteiger partial charge in [-0.15, -0.1) is 0 Å². The standard InChI is InChI=1S/C22H33N5O2/c1-4-23-22(24-9-7-18-12-26-27(3)14-18)25-13-20-6-5-17(2)11-21(20)29-16-19-8-10-28-15-19/h5-6,11-12,14,19H,4,7-10,13,15-16H2,1-3H3,(H2,23,24,25). The van der Waals surface area contributed by atoms with Crippen molar-refractivity contribution in [2.45, 2.75) is 33.2 Å². The molecule has 1 fully saturated rings. The number of nitrogens with one attached hydrogen (secondary N) is 2. The number of aryl methyl sites for hydroxylation is 2. The summed E-state index contributed by atoms with van der Waals surface area (Å²) in [4.78, 5) is 4.76. The zero-order chi connectivity index (χ0) is 20.5. The lowest BCUT2D eigenvalue weighted by Gasteiger charge is -2.15. The Morgan fingerprint density at radius 1 is 1.38 bits per heavy atom. The first-order valence-electron chi connectivity index (χ1n) is 10.4. The number of hydrogen-bond donors (Lipinski definition) is 2. The average molecular weight is 400 g/mol.